The van der Waals surface area contributed by atoms with Gasteiger partial charge in [0.2, 0.25) is 0 Å². The molecule has 0 aliphatic heterocycles. The van der Waals surface area contributed by atoms with Crippen molar-refractivity contribution in [2.75, 3.05) is 0 Å². The van der Waals surface area contributed by atoms with Crippen LogP contribution in [0.25, 0.3) is 0 Å². The van der Waals surface area contributed by atoms with Crippen LogP contribution < -0.4 is 0 Å². The summed E-state index contributed by atoms with van der Waals surface area (Å²) in [6.07, 6.45) is 11.9. The van der Waals surface area contributed by atoms with E-state index in [1.807, 2.05) is 10.9 Å². The van der Waals surface area contributed by atoms with E-state index in [2.05, 4.69) is 18.9 Å². The van der Waals surface area contributed by atoms with Gasteiger partial charge in [0, 0.05) is 18.3 Å². The quantitative estimate of drug-likeness (QED) is 0.666. The Balaban J connectivity index is 2.14. The van der Waals surface area contributed by atoms with Crippen LogP contribution in [0.5, 0.6) is 0 Å². The third kappa shape index (κ3) is 5.35. The van der Waals surface area contributed by atoms with Gasteiger partial charge in [0.15, 0.2) is 0 Å². The predicted octanol–water partition coefficient (Wildman–Crippen LogP) is 3.69. The number of aromatic nitrogens is 2. The summed E-state index contributed by atoms with van der Waals surface area (Å²) in [6.45, 7) is 5.15. The molecule has 3 nitrogen and oxygen atoms in total. The molecule has 0 spiro atoms. The first-order chi connectivity index (χ1) is 8.27. The normalized spacial score (nSPS) is 12.9. The highest BCUT2D eigenvalue weighted by atomic mass is 16.3. The van der Waals surface area contributed by atoms with E-state index in [9.17, 15) is 5.11 Å². The minimum atomic E-state index is -0.332. The summed E-state index contributed by atoms with van der Waals surface area (Å²) in [7, 11) is 0. The molecule has 3 heteroatoms. The summed E-state index contributed by atoms with van der Waals surface area (Å²) in [5, 5.41) is 14.2. The van der Waals surface area contributed by atoms with Gasteiger partial charge < -0.3 is 5.11 Å². The van der Waals surface area contributed by atoms with Crippen LogP contribution in [0.15, 0.2) is 12.4 Å². The highest BCUT2D eigenvalue weighted by molar-refractivity contribution is 5.07. The number of nitrogens with zero attached hydrogens (tertiary/aromatic N) is 2. The second-order valence-electron chi connectivity index (χ2n) is 4.70. The van der Waals surface area contributed by atoms with E-state index in [0.29, 0.717) is 0 Å². The molecular formula is C14H26N2O. The van der Waals surface area contributed by atoms with Crippen LogP contribution in [0, 0.1) is 0 Å². The Morgan fingerprint density at radius 1 is 1.18 bits per heavy atom. The molecule has 0 amide bonds. The van der Waals surface area contributed by atoms with Crippen molar-refractivity contribution in [3.05, 3.63) is 18.0 Å². The van der Waals surface area contributed by atoms with Crippen LogP contribution in [0.3, 0.4) is 0 Å². The van der Waals surface area contributed by atoms with Gasteiger partial charge in [-0.2, -0.15) is 5.10 Å². The van der Waals surface area contributed by atoms with Gasteiger partial charge in [-0.15, -0.1) is 0 Å². The standard InChI is InChI=1S/C14H26N2O/c1-3-5-6-7-8-9-10-14(17)13-11-15-16(4-2)12-13/h11-12,14,17H,3-10H2,1-2H3. The lowest BCUT2D eigenvalue weighted by Gasteiger charge is -2.07. The molecule has 1 aromatic rings. The van der Waals surface area contributed by atoms with Crippen LogP contribution in [-0.4, -0.2) is 14.9 Å². The number of hydrogen-bond donors (Lipinski definition) is 1. The lowest BCUT2D eigenvalue weighted by atomic mass is 10.0. The van der Waals surface area contributed by atoms with E-state index in [4.69, 9.17) is 0 Å². The van der Waals surface area contributed by atoms with Gasteiger partial charge in [-0.3, -0.25) is 4.68 Å². The maximum Gasteiger partial charge on any atom is 0.0820 e. The second-order valence-corrected chi connectivity index (χ2v) is 4.70. The Hall–Kier alpha value is -0.830. The number of unbranched alkanes of at least 4 members (excludes halogenated alkanes) is 5. The molecule has 98 valence electrons. The van der Waals surface area contributed by atoms with Gasteiger partial charge in [-0.05, 0) is 13.3 Å². The summed E-state index contributed by atoms with van der Waals surface area (Å²) in [6, 6.07) is 0. The molecule has 0 radical (unpaired) electrons. The van der Waals surface area contributed by atoms with Crippen LogP contribution in [0.1, 0.15) is 70.5 Å². The maximum atomic E-state index is 9.98. The lowest BCUT2D eigenvalue weighted by molar-refractivity contribution is 0.163. The average molecular weight is 238 g/mol. The molecule has 1 heterocycles. The minimum absolute atomic E-state index is 0.332. The van der Waals surface area contributed by atoms with Crippen molar-refractivity contribution >= 4 is 0 Å². The third-order valence-corrected chi connectivity index (χ3v) is 3.19. The highest BCUT2D eigenvalue weighted by Gasteiger charge is 2.09. The first-order valence-electron chi connectivity index (χ1n) is 6.98. The zero-order chi connectivity index (χ0) is 12.5. The molecule has 1 rings (SSSR count). The molecule has 1 atom stereocenters. The van der Waals surface area contributed by atoms with Crippen LogP contribution in [-0.2, 0) is 6.54 Å². The Labute approximate surface area is 105 Å². The fourth-order valence-corrected chi connectivity index (χ4v) is 2.01. The smallest absolute Gasteiger partial charge is 0.0820 e. The SMILES string of the molecule is CCCCCCCCC(O)c1cnn(CC)c1. The van der Waals surface area contributed by atoms with Crippen molar-refractivity contribution in [3.63, 3.8) is 0 Å². The van der Waals surface area contributed by atoms with Crippen molar-refractivity contribution in [2.45, 2.75) is 71.4 Å². The molecule has 0 aliphatic rings. The molecular weight excluding hydrogens is 212 g/mol. The van der Waals surface area contributed by atoms with Crippen LogP contribution in [0.4, 0.5) is 0 Å². The molecule has 17 heavy (non-hydrogen) atoms. The monoisotopic (exact) mass is 238 g/mol. The summed E-state index contributed by atoms with van der Waals surface area (Å²) in [4.78, 5) is 0. The van der Waals surface area contributed by atoms with Gasteiger partial charge in [0.1, 0.15) is 0 Å². The molecule has 1 unspecified atom stereocenters. The lowest BCUT2D eigenvalue weighted by Crippen LogP contribution is -1.97. The summed E-state index contributed by atoms with van der Waals surface area (Å²) >= 11 is 0. The average Bonchev–Trinajstić information content (AvgIpc) is 2.82. The summed E-state index contributed by atoms with van der Waals surface area (Å²) < 4.78 is 1.86. The number of hydrogen-bond acceptors (Lipinski definition) is 2. The van der Waals surface area contributed by atoms with Gasteiger partial charge >= 0.3 is 0 Å². The minimum Gasteiger partial charge on any atom is -0.388 e. The Morgan fingerprint density at radius 2 is 1.88 bits per heavy atom. The number of aryl methyl sites for hydroxylation is 1. The second kappa shape index (κ2) is 8.29. The summed E-state index contributed by atoms with van der Waals surface area (Å²) in [5.74, 6) is 0. The van der Waals surface area contributed by atoms with E-state index < -0.39 is 0 Å². The predicted molar refractivity (Wildman–Crippen MR) is 70.9 cm³/mol. The van der Waals surface area contributed by atoms with E-state index in [1.165, 1.54) is 32.1 Å². The van der Waals surface area contributed by atoms with E-state index in [1.54, 1.807) is 6.20 Å². The van der Waals surface area contributed by atoms with Crippen molar-refractivity contribution in [1.82, 2.24) is 9.78 Å². The molecule has 1 aromatic heterocycles. The van der Waals surface area contributed by atoms with E-state index in [0.717, 1.165) is 24.9 Å². The van der Waals surface area contributed by atoms with Gasteiger partial charge in [0.25, 0.3) is 0 Å². The molecule has 0 bridgehead atoms. The maximum absolute atomic E-state index is 9.98. The first kappa shape index (κ1) is 14.2. The fraction of sp³-hybridized carbons (Fsp3) is 0.786. The van der Waals surface area contributed by atoms with Gasteiger partial charge in [-0.1, -0.05) is 45.4 Å². The summed E-state index contributed by atoms with van der Waals surface area (Å²) in [5.41, 5.74) is 0.959. The van der Waals surface area contributed by atoms with Crippen molar-refractivity contribution in [3.8, 4) is 0 Å². The molecule has 0 aromatic carbocycles. The Kier molecular flexibility index (Phi) is 6.94. The molecule has 0 fully saturated rings. The van der Waals surface area contributed by atoms with Gasteiger partial charge in [0.05, 0.1) is 12.3 Å². The third-order valence-electron chi connectivity index (χ3n) is 3.19. The Morgan fingerprint density at radius 3 is 2.53 bits per heavy atom. The molecule has 1 N–H and O–H groups in total. The molecule has 0 aliphatic carbocycles. The zero-order valence-corrected chi connectivity index (χ0v) is 11.2. The van der Waals surface area contributed by atoms with Gasteiger partial charge in [-0.25, -0.2) is 0 Å². The van der Waals surface area contributed by atoms with E-state index >= 15 is 0 Å². The largest absolute Gasteiger partial charge is 0.388 e. The van der Waals surface area contributed by atoms with Crippen LogP contribution in [0.2, 0.25) is 0 Å². The first-order valence-corrected chi connectivity index (χ1v) is 6.98. The number of aliphatic hydroxyl groups excluding tert-OH is 1. The molecule has 0 saturated carbocycles. The topological polar surface area (TPSA) is 38.1 Å². The Bertz CT molecular complexity index is 296. The number of rotatable bonds is 9. The van der Waals surface area contributed by atoms with Crippen LogP contribution >= 0.6 is 0 Å². The van der Waals surface area contributed by atoms with Crippen molar-refractivity contribution < 1.29 is 5.11 Å². The highest BCUT2D eigenvalue weighted by Crippen LogP contribution is 2.19. The fourth-order valence-electron chi connectivity index (χ4n) is 2.01. The van der Waals surface area contributed by atoms with Crippen molar-refractivity contribution in [2.24, 2.45) is 0 Å². The number of aliphatic hydroxyl groups is 1. The molecule has 0 saturated heterocycles. The zero-order valence-electron chi connectivity index (χ0n) is 11.2. The van der Waals surface area contributed by atoms with E-state index in [-0.39, 0.29) is 6.10 Å². The van der Waals surface area contributed by atoms with Crippen molar-refractivity contribution in [1.29, 1.82) is 0 Å².